The van der Waals surface area contributed by atoms with Crippen LogP contribution in [0.2, 0.25) is 6.55 Å². The lowest BCUT2D eigenvalue weighted by atomic mass is 10.3. The van der Waals surface area contributed by atoms with E-state index in [1.165, 1.54) is 0 Å². The molecule has 102 valence electrons. The summed E-state index contributed by atoms with van der Waals surface area (Å²) < 4.78 is 22.9. The lowest BCUT2D eigenvalue weighted by Crippen LogP contribution is -2.52. The van der Waals surface area contributed by atoms with Gasteiger partial charge in [-0.15, -0.1) is 0 Å². The van der Waals surface area contributed by atoms with Gasteiger partial charge in [-0.05, 0) is 26.8 Å². The highest BCUT2D eigenvalue weighted by atomic mass is 28.4. The summed E-state index contributed by atoms with van der Waals surface area (Å²) in [5.41, 5.74) is 0.108. The van der Waals surface area contributed by atoms with Crippen molar-refractivity contribution < 1.29 is 18.3 Å². The first-order valence-corrected chi connectivity index (χ1v) is 9.06. The molecule has 0 aromatic carbocycles. The number of epoxide rings is 1. The monoisotopic (exact) mass is 262 g/mol. The van der Waals surface area contributed by atoms with Crippen LogP contribution in [0.4, 0.5) is 0 Å². The Bertz CT molecular complexity index is 203. The molecule has 2 unspecified atom stereocenters. The van der Waals surface area contributed by atoms with Crippen molar-refractivity contribution in [2.75, 3.05) is 26.4 Å². The van der Waals surface area contributed by atoms with Crippen molar-refractivity contribution >= 4 is 8.56 Å². The Morgan fingerprint density at radius 1 is 1.24 bits per heavy atom. The van der Waals surface area contributed by atoms with Gasteiger partial charge in [0.2, 0.25) is 0 Å². The maximum absolute atomic E-state index is 5.96. The molecular formula is C12H26O4Si. The zero-order valence-corrected chi connectivity index (χ0v) is 12.5. The number of rotatable bonds is 10. The number of hydrogen-bond donors (Lipinski definition) is 0. The summed E-state index contributed by atoms with van der Waals surface area (Å²) in [5.74, 6) is 0. The van der Waals surface area contributed by atoms with Crippen LogP contribution in [0.15, 0.2) is 0 Å². The van der Waals surface area contributed by atoms with Gasteiger partial charge in [-0.1, -0.05) is 13.3 Å². The largest absolute Gasteiger partial charge is 0.393 e. The molecule has 1 rings (SSSR count). The van der Waals surface area contributed by atoms with E-state index in [0.717, 1.165) is 19.4 Å². The van der Waals surface area contributed by atoms with Crippen LogP contribution in [0.1, 0.15) is 33.6 Å². The smallest absolute Gasteiger partial charge is 0.364 e. The summed E-state index contributed by atoms with van der Waals surface area (Å²) in [7, 11) is -2.22. The summed E-state index contributed by atoms with van der Waals surface area (Å²) >= 11 is 0. The molecule has 1 aliphatic heterocycles. The molecule has 0 aliphatic carbocycles. The van der Waals surface area contributed by atoms with Gasteiger partial charge in [0, 0.05) is 13.2 Å². The fourth-order valence-electron chi connectivity index (χ4n) is 1.95. The molecule has 1 fully saturated rings. The number of hydrogen-bond acceptors (Lipinski definition) is 4. The highest BCUT2D eigenvalue weighted by molar-refractivity contribution is 6.67. The number of ether oxygens (including phenoxy) is 2. The third-order valence-electron chi connectivity index (χ3n) is 2.88. The third kappa shape index (κ3) is 5.05. The minimum absolute atomic E-state index is 0.108. The van der Waals surface area contributed by atoms with Gasteiger partial charge in [0.05, 0.1) is 13.2 Å². The topological polar surface area (TPSA) is 40.2 Å². The molecule has 0 amide bonds. The average molecular weight is 262 g/mol. The Balaban J connectivity index is 2.53. The normalized spacial score (nSPS) is 21.5. The van der Waals surface area contributed by atoms with Gasteiger partial charge in [-0.25, -0.2) is 0 Å². The van der Waals surface area contributed by atoms with Crippen LogP contribution < -0.4 is 0 Å². The molecule has 0 N–H and O–H groups in total. The second-order valence-electron chi connectivity index (χ2n) is 4.45. The first-order chi connectivity index (χ1) is 8.16. The van der Waals surface area contributed by atoms with Crippen molar-refractivity contribution in [2.24, 2.45) is 0 Å². The highest BCUT2D eigenvalue weighted by Crippen LogP contribution is 2.22. The summed E-state index contributed by atoms with van der Waals surface area (Å²) in [4.78, 5) is 0. The van der Waals surface area contributed by atoms with E-state index in [2.05, 4.69) is 13.5 Å². The lowest BCUT2D eigenvalue weighted by Gasteiger charge is -2.33. The molecule has 0 saturated carbocycles. The molecule has 2 atom stereocenters. The fraction of sp³-hybridized carbons (Fsp3) is 1.00. The van der Waals surface area contributed by atoms with Crippen molar-refractivity contribution in [3.8, 4) is 0 Å². The van der Waals surface area contributed by atoms with Gasteiger partial charge in [0.25, 0.3) is 0 Å². The van der Waals surface area contributed by atoms with Crippen LogP contribution >= 0.6 is 0 Å². The molecule has 1 aliphatic rings. The lowest BCUT2D eigenvalue weighted by molar-refractivity contribution is 0.0363. The van der Waals surface area contributed by atoms with Crippen molar-refractivity contribution in [1.29, 1.82) is 0 Å². The van der Waals surface area contributed by atoms with E-state index in [0.29, 0.717) is 25.9 Å². The summed E-state index contributed by atoms with van der Waals surface area (Å²) in [6.45, 7) is 11.2. The predicted molar refractivity (Wildman–Crippen MR) is 69.3 cm³/mol. The molecule has 1 heterocycles. The second-order valence-corrected chi connectivity index (χ2v) is 7.70. The second kappa shape index (κ2) is 7.48. The van der Waals surface area contributed by atoms with Gasteiger partial charge in [0.15, 0.2) is 0 Å². The standard InChI is InChI=1S/C12H26O4Si/c1-5-8-12(14-10-11-9-13-11)17(4,15-6-2)16-7-3/h11-12H,5-10H2,1-4H3. The van der Waals surface area contributed by atoms with Gasteiger partial charge in [-0.2, -0.15) is 0 Å². The molecule has 5 heteroatoms. The van der Waals surface area contributed by atoms with Crippen molar-refractivity contribution in [2.45, 2.75) is 52.0 Å². The average Bonchev–Trinajstić information content (AvgIpc) is 3.08. The van der Waals surface area contributed by atoms with E-state index in [1.54, 1.807) is 0 Å². The minimum Gasteiger partial charge on any atom is -0.393 e. The Hall–Kier alpha value is 0.0569. The molecular weight excluding hydrogens is 236 g/mol. The molecule has 0 spiro atoms. The van der Waals surface area contributed by atoms with E-state index in [9.17, 15) is 0 Å². The van der Waals surface area contributed by atoms with Crippen LogP contribution in [0.5, 0.6) is 0 Å². The minimum atomic E-state index is -2.22. The highest BCUT2D eigenvalue weighted by Gasteiger charge is 2.42. The molecule has 0 aromatic rings. The first-order valence-electron chi connectivity index (χ1n) is 6.67. The molecule has 0 radical (unpaired) electrons. The van der Waals surface area contributed by atoms with Crippen LogP contribution in [0.25, 0.3) is 0 Å². The first kappa shape index (κ1) is 15.1. The molecule has 0 bridgehead atoms. The van der Waals surface area contributed by atoms with Crippen LogP contribution in [0.3, 0.4) is 0 Å². The van der Waals surface area contributed by atoms with E-state index in [4.69, 9.17) is 18.3 Å². The van der Waals surface area contributed by atoms with Crippen LogP contribution in [-0.4, -0.2) is 46.8 Å². The quantitative estimate of drug-likeness (QED) is 0.447. The SMILES string of the molecule is CCCC(OCC1CO1)[Si](C)(OCC)OCC. The molecule has 17 heavy (non-hydrogen) atoms. The predicted octanol–water partition coefficient (Wildman–Crippen LogP) is 2.25. The van der Waals surface area contributed by atoms with E-state index in [-0.39, 0.29) is 5.73 Å². The van der Waals surface area contributed by atoms with Gasteiger partial charge in [-0.3, -0.25) is 0 Å². The molecule has 1 saturated heterocycles. The fourth-order valence-corrected chi connectivity index (χ4v) is 4.76. The van der Waals surface area contributed by atoms with Gasteiger partial charge >= 0.3 is 8.56 Å². The van der Waals surface area contributed by atoms with Crippen LogP contribution in [-0.2, 0) is 18.3 Å². The van der Waals surface area contributed by atoms with E-state index >= 15 is 0 Å². The summed E-state index contributed by atoms with van der Waals surface area (Å²) in [5, 5.41) is 0. The Labute approximate surface area is 106 Å². The molecule has 0 aromatic heterocycles. The van der Waals surface area contributed by atoms with E-state index in [1.807, 2.05) is 13.8 Å². The maximum Gasteiger partial charge on any atom is 0.364 e. The summed E-state index contributed by atoms with van der Waals surface area (Å²) in [6.07, 6.45) is 2.38. The van der Waals surface area contributed by atoms with Crippen molar-refractivity contribution in [3.63, 3.8) is 0 Å². The van der Waals surface area contributed by atoms with Gasteiger partial charge in [0.1, 0.15) is 11.8 Å². The zero-order valence-electron chi connectivity index (χ0n) is 11.5. The van der Waals surface area contributed by atoms with Crippen LogP contribution in [0, 0.1) is 0 Å². The Morgan fingerprint density at radius 2 is 1.82 bits per heavy atom. The zero-order chi connectivity index (χ0) is 12.7. The van der Waals surface area contributed by atoms with Crippen molar-refractivity contribution in [1.82, 2.24) is 0 Å². The van der Waals surface area contributed by atoms with Crippen molar-refractivity contribution in [3.05, 3.63) is 0 Å². The third-order valence-corrected chi connectivity index (χ3v) is 6.23. The Kier molecular flexibility index (Phi) is 6.65. The molecule has 4 nitrogen and oxygen atoms in total. The van der Waals surface area contributed by atoms with E-state index < -0.39 is 8.56 Å². The summed E-state index contributed by atoms with van der Waals surface area (Å²) in [6, 6.07) is 0. The Morgan fingerprint density at radius 3 is 2.24 bits per heavy atom. The van der Waals surface area contributed by atoms with Gasteiger partial charge < -0.3 is 18.3 Å². The maximum atomic E-state index is 5.96.